The zero-order valence-corrected chi connectivity index (χ0v) is 14.2. The Morgan fingerprint density at radius 2 is 2.25 bits per heavy atom. The molecule has 2 N–H and O–H groups in total. The van der Waals surface area contributed by atoms with Gasteiger partial charge in [-0.15, -0.1) is 0 Å². The number of carbonyl (C=O) groups is 1. The molecule has 24 heavy (non-hydrogen) atoms. The maximum atomic E-state index is 12.5. The summed E-state index contributed by atoms with van der Waals surface area (Å²) in [5.41, 5.74) is 1.89. The standard InChI is InChI=1S/C18H24N4O2/c1-12(2)17-21-16(24-22-17)8-10-20-18(23)15-6-4-3-5-14(15)13-7-9-19-11-13/h3-6,12-13,19H,7-11H2,1-2H3,(H,20,23). The quantitative estimate of drug-likeness (QED) is 0.850. The molecule has 0 aliphatic carbocycles. The van der Waals surface area contributed by atoms with E-state index in [9.17, 15) is 4.79 Å². The smallest absolute Gasteiger partial charge is 0.251 e. The Labute approximate surface area is 142 Å². The van der Waals surface area contributed by atoms with Crippen LogP contribution >= 0.6 is 0 Å². The van der Waals surface area contributed by atoms with E-state index >= 15 is 0 Å². The molecular weight excluding hydrogens is 304 g/mol. The average Bonchev–Trinajstić information content (AvgIpc) is 3.26. The van der Waals surface area contributed by atoms with Crippen molar-refractivity contribution >= 4 is 5.91 Å². The van der Waals surface area contributed by atoms with Gasteiger partial charge >= 0.3 is 0 Å². The van der Waals surface area contributed by atoms with Crippen molar-refractivity contribution in [2.24, 2.45) is 0 Å². The van der Waals surface area contributed by atoms with Crippen LogP contribution in [0.25, 0.3) is 0 Å². The van der Waals surface area contributed by atoms with Gasteiger partial charge in [-0.2, -0.15) is 4.98 Å². The SMILES string of the molecule is CC(C)c1noc(CCNC(=O)c2ccccc2C2CCNC2)n1. The average molecular weight is 328 g/mol. The third-order valence-corrected chi connectivity index (χ3v) is 4.33. The topological polar surface area (TPSA) is 80.0 Å². The number of hydrogen-bond acceptors (Lipinski definition) is 5. The first-order valence-corrected chi connectivity index (χ1v) is 8.55. The van der Waals surface area contributed by atoms with E-state index in [-0.39, 0.29) is 11.8 Å². The number of carbonyl (C=O) groups excluding carboxylic acids is 1. The fourth-order valence-electron chi connectivity index (χ4n) is 2.96. The van der Waals surface area contributed by atoms with E-state index in [0.717, 1.165) is 30.6 Å². The van der Waals surface area contributed by atoms with E-state index in [0.29, 0.717) is 30.6 Å². The van der Waals surface area contributed by atoms with Crippen LogP contribution < -0.4 is 10.6 Å². The summed E-state index contributed by atoms with van der Waals surface area (Å²) < 4.78 is 5.20. The molecule has 3 rings (SSSR count). The summed E-state index contributed by atoms with van der Waals surface area (Å²) in [5.74, 6) is 1.88. The first kappa shape index (κ1) is 16.6. The maximum absolute atomic E-state index is 12.5. The summed E-state index contributed by atoms with van der Waals surface area (Å²) in [7, 11) is 0. The summed E-state index contributed by atoms with van der Waals surface area (Å²) in [4.78, 5) is 16.9. The molecule has 1 aromatic heterocycles. The van der Waals surface area contributed by atoms with Crippen LogP contribution in [0.4, 0.5) is 0 Å². The molecule has 6 nitrogen and oxygen atoms in total. The Morgan fingerprint density at radius 1 is 1.42 bits per heavy atom. The molecule has 0 spiro atoms. The van der Waals surface area contributed by atoms with Gasteiger partial charge < -0.3 is 15.2 Å². The lowest BCUT2D eigenvalue weighted by Gasteiger charge is -2.14. The lowest BCUT2D eigenvalue weighted by atomic mass is 9.93. The molecule has 1 aliphatic heterocycles. The number of hydrogen-bond donors (Lipinski definition) is 2. The summed E-state index contributed by atoms with van der Waals surface area (Å²) in [6.07, 6.45) is 1.61. The van der Waals surface area contributed by atoms with Gasteiger partial charge in [-0.3, -0.25) is 4.79 Å². The molecule has 1 unspecified atom stereocenters. The highest BCUT2D eigenvalue weighted by molar-refractivity contribution is 5.95. The number of amides is 1. The largest absolute Gasteiger partial charge is 0.352 e. The highest BCUT2D eigenvalue weighted by Gasteiger charge is 2.21. The Hall–Kier alpha value is -2.21. The summed E-state index contributed by atoms with van der Waals surface area (Å²) in [6, 6.07) is 7.86. The minimum atomic E-state index is -0.0406. The number of aromatic nitrogens is 2. The molecule has 1 aliphatic rings. The fourth-order valence-corrected chi connectivity index (χ4v) is 2.96. The Bertz CT molecular complexity index is 690. The zero-order chi connectivity index (χ0) is 16.9. The van der Waals surface area contributed by atoms with Crippen molar-refractivity contribution in [1.29, 1.82) is 0 Å². The zero-order valence-electron chi connectivity index (χ0n) is 14.2. The molecule has 1 saturated heterocycles. The van der Waals surface area contributed by atoms with Gasteiger partial charge in [0.1, 0.15) is 0 Å². The van der Waals surface area contributed by atoms with E-state index in [1.165, 1.54) is 0 Å². The highest BCUT2D eigenvalue weighted by Crippen LogP contribution is 2.25. The van der Waals surface area contributed by atoms with Gasteiger partial charge in [0.25, 0.3) is 5.91 Å². The summed E-state index contributed by atoms with van der Waals surface area (Å²) in [6.45, 7) is 6.46. The number of nitrogens with zero attached hydrogens (tertiary/aromatic N) is 2. The van der Waals surface area contributed by atoms with Gasteiger partial charge in [-0.1, -0.05) is 37.2 Å². The maximum Gasteiger partial charge on any atom is 0.251 e. The second-order valence-corrected chi connectivity index (χ2v) is 6.48. The van der Waals surface area contributed by atoms with Crippen molar-refractivity contribution in [3.8, 4) is 0 Å². The molecule has 128 valence electrons. The third-order valence-electron chi connectivity index (χ3n) is 4.33. The Morgan fingerprint density at radius 3 is 2.96 bits per heavy atom. The van der Waals surface area contributed by atoms with Crippen LogP contribution in [0, 0.1) is 0 Å². The third kappa shape index (κ3) is 3.82. The van der Waals surface area contributed by atoms with Crippen LogP contribution in [0.15, 0.2) is 28.8 Å². The van der Waals surface area contributed by atoms with Gasteiger partial charge in [-0.05, 0) is 30.5 Å². The summed E-state index contributed by atoms with van der Waals surface area (Å²) in [5, 5.41) is 10.2. The van der Waals surface area contributed by atoms with Gasteiger partial charge in [-0.25, -0.2) is 0 Å². The molecule has 0 bridgehead atoms. The van der Waals surface area contributed by atoms with Crippen LogP contribution in [0.1, 0.15) is 59.7 Å². The minimum absolute atomic E-state index is 0.0406. The lowest BCUT2D eigenvalue weighted by Crippen LogP contribution is -2.27. The molecule has 1 aromatic carbocycles. The predicted molar refractivity (Wildman–Crippen MR) is 91.1 cm³/mol. The molecule has 0 saturated carbocycles. The minimum Gasteiger partial charge on any atom is -0.352 e. The predicted octanol–water partition coefficient (Wildman–Crippen LogP) is 2.24. The van der Waals surface area contributed by atoms with Crippen LogP contribution in [0.3, 0.4) is 0 Å². The van der Waals surface area contributed by atoms with Crippen LogP contribution in [0.2, 0.25) is 0 Å². The van der Waals surface area contributed by atoms with Gasteiger partial charge in [0.2, 0.25) is 5.89 Å². The Kier molecular flexibility index (Phi) is 5.25. The lowest BCUT2D eigenvalue weighted by molar-refractivity contribution is 0.0952. The monoisotopic (exact) mass is 328 g/mol. The van der Waals surface area contributed by atoms with Crippen molar-refractivity contribution in [3.05, 3.63) is 47.1 Å². The van der Waals surface area contributed by atoms with E-state index in [1.54, 1.807) is 0 Å². The van der Waals surface area contributed by atoms with Gasteiger partial charge in [0, 0.05) is 31.0 Å². The Balaban J connectivity index is 1.59. The van der Waals surface area contributed by atoms with Gasteiger partial charge in [0.15, 0.2) is 5.82 Å². The van der Waals surface area contributed by atoms with Crippen molar-refractivity contribution < 1.29 is 9.32 Å². The normalized spacial score (nSPS) is 17.4. The van der Waals surface area contributed by atoms with Crippen molar-refractivity contribution in [2.75, 3.05) is 19.6 Å². The van der Waals surface area contributed by atoms with E-state index in [1.807, 2.05) is 32.0 Å². The molecule has 1 atom stereocenters. The molecular formula is C18H24N4O2. The fraction of sp³-hybridized carbons (Fsp3) is 0.500. The molecule has 1 amide bonds. The molecule has 2 aromatic rings. The summed E-state index contributed by atoms with van der Waals surface area (Å²) >= 11 is 0. The van der Waals surface area contributed by atoms with Crippen LogP contribution in [-0.2, 0) is 6.42 Å². The highest BCUT2D eigenvalue weighted by atomic mass is 16.5. The van der Waals surface area contributed by atoms with Crippen LogP contribution in [0.5, 0.6) is 0 Å². The van der Waals surface area contributed by atoms with Gasteiger partial charge in [0.05, 0.1) is 0 Å². The molecule has 0 radical (unpaired) electrons. The van der Waals surface area contributed by atoms with E-state index in [4.69, 9.17) is 4.52 Å². The van der Waals surface area contributed by atoms with Crippen molar-refractivity contribution in [1.82, 2.24) is 20.8 Å². The number of benzene rings is 1. The second-order valence-electron chi connectivity index (χ2n) is 6.48. The molecule has 1 fully saturated rings. The van der Waals surface area contributed by atoms with Crippen molar-refractivity contribution in [3.63, 3.8) is 0 Å². The van der Waals surface area contributed by atoms with Crippen LogP contribution in [-0.4, -0.2) is 35.7 Å². The van der Waals surface area contributed by atoms with E-state index < -0.39 is 0 Å². The van der Waals surface area contributed by atoms with Crippen molar-refractivity contribution in [2.45, 2.75) is 38.5 Å². The van der Waals surface area contributed by atoms with E-state index in [2.05, 4.69) is 26.8 Å². The first-order valence-electron chi connectivity index (χ1n) is 8.55. The first-order chi connectivity index (χ1) is 11.6. The molecule has 2 heterocycles. The second kappa shape index (κ2) is 7.57. The molecule has 6 heteroatoms. The number of rotatable bonds is 6. The number of nitrogens with one attached hydrogen (secondary N) is 2.